The lowest BCUT2D eigenvalue weighted by atomic mass is 9.92. The van der Waals surface area contributed by atoms with Crippen LogP contribution in [-0.2, 0) is 11.3 Å². The summed E-state index contributed by atoms with van der Waals surface area (Å²) in [6.45, 7) is 11.3. The monoisotopic (exact) mass is 444 g/mol. The Kier molecular flexibility index (Phi) is 6.19. The van der Waals surface area contributed by atoms with Gasteiger partial charge in [0.05, 0.1) is 16.6 Å². The number of thiophene rings is 1. The van der Waals surface area contributed by atoms with E-state index >= 15 is 0 Å². The van der Waals surface area contributed by atoms with Crippen molar-refractivity contribution in [2.45, 2.75) is 53.5 Å². The molecular formula is C23H32N4O3S. The number of carbonyl (C=O) groups excluding carboxylic acids is 2. The summed E-state index contributed by atoms with van der Waals surface area (Å²) in [6.07, 6.45) is 4.59. The number of hydrogen-bond donors (Lipinski definition) is 0. The number of carbonyl (C=O) groups is 2. The van der Waals surface area contributed by atoms with Gasteiger partial charge in [0, 0.05) is 26.2 Å². The lowest BCUT2D eigenvalue weighted by Crippen LogP contribution is -2.44. The minimum atomic E-state index is -0.239. The van der Waals surface area contributed by atoms with Crippen LogP contribution in [0.2, 0.25) is 0 Å². The SMILES string of the molecule is Cc1c(C(=O)N2CCC(C)CC2)sc2ncn(CC(=O)N3CC(C)CC(C)C3)c(=O)c12. The van der Waals surface area contributed by atoms with Crippen LogP contribution in [0.3, 0.4) is 0 Å². The molecule has 2 amide bonds. The first-order valence-corrected chi connectivity index (χ1v) is 12.1. The first-order valence-electron chi connectivity index (χ1n) is 11.3. The molecule has 2 saturated heterocycles. The van der Waals surface area contributed by atoms with Gasteiger partial charge in [0.1, 0.15) is 11.4 Å². The summed E-state index contributed by atoms with van der Waals surface area (Å²) in [5.41, 5.74) is 0.444. The van der Waals surface area contributed by atoms with Crippen molar-refractivity contribution in [2.75, 3.05) is 26.2 Å². The van der Waals surface area contributed by atoms with Gasteiger partial charge in [-0.15, -0.1) is 11.3 Å². The highest BCUT2D eigenvalue weighted by Gasteiger charge is 2.28. The van der Waals surface area contributed by atoms with Crippen molar-refractivity contribution in [1.29, 1.82) is 0 Å². The highest BCUT2D eigenvalue weighted by Crippen LogP contribution is 2.29. The molecule has 0 N–H and O–H groups in total. The first kappa shape index (κ1) is 22.0. The van der Waals surface area contributed by atoms with Crippen molar-refractivity contribution in [3.63, 3.8) is 0 Å². The maximum absolute atomic E-state index is 13.2. The molecule has 2 atom stereocenters. The molecule has 31 heavy (non-hydrogen) atoms. The van der Waals surface area contributed by atoms with Crippen molar-refractivity contribution >= 4 is 33.4 Å². The summed E-state index contributed by atoms with van der Waals surface area (Å²) < 4.78 is 1.39. The molecule has 4 rings (SSSR count). The number of rotatable bonds is 3. The fourth-order valence-corrected chi connectivity index (χ4v) is 6.05. The van der Waals surface area contributed by atoms with E-state index in [1.807, 2.05) is 16.7 Å². The van der Waals surface area contributed by atoms with Crippen molar-refractivity contribution in [3.05, 3.63) is 27.1 Å². The number of fused-ring (bicyclic) bond motifs is 1. The smallest absolute Gasteiger partial charge is 0.264 e. The Labute approximate surface area is 187 Å². The Bertz CT molecular complexity index is 1040. The second-order valence-corrected chi connectivity index (χ2v) is 10.6. The number of aromatic nitrogens is 2. The number of likely N-dealkylation sites (tertiary alicyclic amines) is 2. The topological polar surface area (TPSA) is 75.5 Å². The quantitative estimate of drug-likeness (QED) is 0.729. The Hall–Kier alpha value is -2.22. The molecule has 0 saturated carbocycles. The molecule has 2 unspecified atom stereocenters. The van der Waals surface area contributed by atoms with Crippen LogP contribution in [0.4, 0.5) is 0 Å². The van der Waals surface area contributed by atoms with E-state index in [0.717, 1.165) is 45.4 Å². The molecule has 0 aromatic carbocycles. The molecule has 0 spiro atoms. The van der Waals surface area contributed by atoms with Crippen LogP contribution < -0.4 is 5.56 Å². The number of hydrogen-bond acceptors (Lipinski definition) is 5. The summed E-state index contributed by atoms with van der Waals surface area (Å²) in [7, 11) is 0. The van der Waals surface area contributed by atoms with Crippen LogP contribution >= 0.6 is 11.3 Å². The summed E-state index contributed by atoms with van der Waals surface area (Å²) >= 11 is 1.29. The van der Waals surface area contributed by atoms with Gasteiger partial charge in [-0.3, -0.25) is 19.0 Å². The Balaban J connectivity index is 1.58. The molecule has 168 valence electrons. The average Bonchev–Trinajstić information content (AvgIpc) is 3.06. The number of amides is 2. The van der Waals surface area contributed by atoms with E-state index in [-0.39, 0.29) is 23.9 Å². The standard InChI is InChI=1S/C23H32N4O3S/c1-14-5-7-25(8-6-14)23(30)20-17(4)19-21(31-20)24-13-27(22(19)29)12-18(28)26-10-15(2)9-16(3)11-26/h13-16H,5-12H2,1-4H3. The van der Waals surface area contributed by atoms with Crippen molar-refractivity contribution in [3.8, 4) is 0 Å². The van der Waals surface area contributed by atoms with Crippen molar-refractivity contribution < 1.29 is 9.59 Å². The zero-order valence-electron chi connectivity index (χ0n) is 18.9. The van der Waals surface area contributed by atoms with Gasteiger partial charge in [-0.2, -0.15) is 0 Å². The van der Waals surface area contributed by atoms with E-state index in [0.29, 0.717) is 38.4 Å². The van der Waals surface area contributed by atoms with E-state index < -0.39 is 0 Å². The fraction of sp³-hybridized carbons (Fsp3) is 0.652. The van der Waals surface area contributed by atoms with E-state index in [2.05, 4.69) is 25.8 Å². The van der Waals surface area contributed by atoms with Gasteiger partial charge in [-0.05, 0) is 49.5 Å². The van der Waals surface area contributed by atoms with Crippen LogP contribution in [0.5, 0.6) is 0 Å². The Morgan fingerprint density at radius 1 is 1.06 bits per heavy atom. The summed E-state index contributed by atoms with van der Waals surface area (Å²) in [4.78, 5) is 48.5. The van der Waals surface area contributed by atoms with E-state index in [1.165, 1.54) is 22.2 Å². The summed E-state index contributed by atoms with van der Waals surface area (Å²) in [5.74, 6) is 1.52. The maximum atomic E-state index is 13.2. The van der Waals surface area contributed by atoms with Gasteiger partial charge in [0.25, 0.3) is 11.5 Å². The summed E-state index contributed by atoms with van der Waals surface area (Å²) in [6, 6.07) is 0. The summed E-state index contributed by atoms with van der Waals surface area (Å²) in [5, 5.41) is 0.467. The van der Waals surface area contributed by atoms with Gasteiger partial charge < -0.3 is 9.80 Å². The molecule has 7 nitrogen and oxygen atoms in total. The minimum absolute atomic E-state index is 0.00859. The fourth-order valence-electron chi connectivity index (χ4n) is 4.94. The predicted octanol–water partition coefficient (Wildman–Crippen LogP) is 3.14. The number of nitrogens with zero attached hydrogens (tertiary/aromatic N) is 4. The highest BCUT2D eigenvalue weighted by molar-refractivity contribution is 7.20. The molecular weight excluding hydrogens is 412 g/mol. The molecule has 2 aliphatic rings. The largest absolute Gasteiger partial charge is 0.341 e. The lowest BCUT2D eigenvalue weighted by molar-refractivity contribution is -0.134. The molecule has 2 fully saturated rings. The van der Waals surface area contributed by atoms with Gasteiger partial charge in [-0.25, -0.2) is 4.98 Å². The lowest BCUT2D eigenvalue weighted by Gasteiger charge is -2.35. The molecule has 4 heterocycles. The predicted molar refractivity (Wildman–Crippen MR) is 122 cm³/mol. The maximum Gasteiger partial charge on any atom is 0.264 e. The van der Waals surface area contributed by atoms with Crippen molar-refractivity contribution in [2.24, 2.45) is 17.8 Å². The molecule has 0 bridgehead atoms. The number of aryl methyl sites for hydroxylation is 1. The zero-order chi connectivity index (χ0) is 22.3. The van der Waals surface area contributed by atoms with Gasteiger partial charge in [-0.1, -0.05) is 20.8 Å². The third-order valence-electron chi connectivity index (χ3n) is 6.71. The van der Waals surface area contributed by atoms with Crippen LogP contribution in [0, 0.1) is 24.7 Å². The highest BCUT2D eigenvalue weighted by atomic mass is 32.1. The van der Waals surface area contributed by atoms with Gasteiger partial charge in [0.2, 0.25) is 5.91 Å². The van der Waals surface area contributed by atoms with E-state index in [1.54, 1.807) is 0 Å². The second-order valence-electron chi connectivity index (χ2n) is 9.63. The third kappa shape index (κ3) is 4.40. The Morgan fingerprint density at radius 3 is 2.35 bits per heavy atom. The third-order valence-corrected chi connectivity index (χ3v) is 7.90. The normalized spacial score (nSPS) is 22.8. The van der Waals surface area contributed by atoms with Crippen LogP contribution in [-0.4, -0.2) is 57.3 Å². The van der Waals surface area contributed by atoms with E-state index in [9.17, 15) is 14.4 Å². The molecule has 2 aromatic heterocycles. The molecule has 0 aliphatic carbocycles. The van der Waals surface area contributed by atoms with Crippen LogP contribution in [0.15, 0.2) is 11.1 Å². The second kappa shape index (κ2) is 8.73. The van der Waals surface area contributed by atoms with Gasteiger partial charge >= 0.3 is 0 Å². The average molecular weight is 445 g/mol. The molecule has 2 aromatic rings. The van der Waals surface area contributed by atoms with E-state index in [4.69, 9.17) is 0 Å². The zero-order valence-corrected chi connectivity index (χ0v) is 19.7. The minimum Gasteiger partial charge on any atom is -0.341 e. The van der Waals surface area contributed by atoms with Gasteiger partial charge in [0.15, 0.2) is 0 Å². The molecule has 0 radical (unpaired) electrons. The van der Waals surface area contributed by atoms with Crippen LogP contribution in [0.1, 0.15) is 55.3 Å². The molecule has 8 heteroatoms. The number of piperidine rings is 2. The molecule has 2 aliphatic heterocycles. The Morgan fingerprint density at radius 2 is 1.71 bits per heavy atom. The van der Waals surface area contributed by atoms with Crippen molar-refractivity contribution in [1.82, 2.24) is 19.4 Å². The first-order chi connectivity index (χ1) is 14.7. The van der Waals surface area contributed by atoms with Crippen LogP contribution in [0.25, 0.3) is 10.2 Å².